The van der Waals surface area contributed by atoms with Gasteiger partial charge in [-0.05, 0) is 53.7 Å². The fourth-order valence-corrected chi connectivity index (χ4v) is 6.24. The second-order valence-electron chi connectivity index (χ2n) is 6.98. The lowest BCUT2D eigenvalue weighted by Gasteiger charge is -2.33. The largest absolute Gasteiger partial charge is 0.352 e. The van der Waals surface area contributed by atoms with Crippen LogP contribution in [-0.2, 0) is 14.8 Å². The number of carbonyl (C=O) groups is 1. The summed E-state index contributed by atoms with van der Waals surface area (Å²) in [6, 6.07) is 6.78. The Kier molecular flexibility index (Phi) is 6.17. The van der Waals surface area contributed by atoms with Crippen molar-refractivity contribution in [3.05, 3.63) is 28.7 Å². The summed E-state index contributed by atoms with van der Waals surface area (Å²) in [5.41, 5.74) is 0. The highest BCUT2D eigenvalue weighted by Crippen LogP contribution is 2.28. The molecule has 1 aromatic rings. The van der Waals surface area contributed by atoms with E-state index in [0.29, 0.717) is 17.6 Å². The van der Waals surface area contributed by atoms with Crippen molar-refractivity contribution in [3.63, 3.8) is 0 Å². The van der Waals surface area contributed by atoms with Crippen LogP contribution in [0.5, 0.6) is 0 Å². The fraction of sp³-hybridized carbons (Fsp3) is 0.611. The number of benzene rings is 1. The van der Waals surface area contributed by atoms with Crippen LogP contribution in [0.15, 0.2) is 33.6 Å². The average Bonchev–Trinajstić information content (AvgIpc) is 2.63. The molecule has 0 aromatic heterocycles. The average molecular weight is 429 g/mol. The zero-order valence-corrected chi connectivity index (χ0v) is 16.7. The molecule has 1 saturated carbocycles. The van der Waals surface area contributed by atoms with Gasteiger partial charge >= 0.3 is 0 Å². The summed E-state index contributed by atoms with van der Waals surface area (Å²) >= 11 is 3.33. The quantitative estimate of drug-likeness (QED) is 0.799. The maximum atomic E-state index is 12.9. The Hall–Kier alpha value is -0.920. The second kappa shape index (κ2) is 8.18. The van der Waals surface area contributed by atoms with Gasteiger partial charge in [-0.2, -0.15) is 4.31 Å². The van der Waals surface area contributed by atoms with Crippen LogP contribution in [0.3, 0.4) is 0 Å². The van der Waals surface area contributed by atoms with Crippen LogP contribution in [0, 0.1) is 5.92 Å². The first kappa shape index (κ1) is 18.9. The first-order valence-corrected chi connectivity index (χ1v) is 11.3. The van der Waals surface area contributed by atoms with Gasteiger partial charge in [0.15, 0.2) is 0 Å². The highest BCUT2D eigenvalue weighted by atomic mass is 79.9. The smallest absolute Gasteiger partial charge is 0.244 e. The maximum absolute atomic E-state index is 12.9. The highest BCUT2D eigenvalue weighted by Gasteiger charge is 2.33. The molecular weight excluding hydrogens is 404 g/mol. The number of rotatable bonds is 4. The Bertz CT molecular complexity index is 717. The molecule has 25 heavy (non-hydrogen) atoms. The van der Waals surface area contributed by atoms with Gasteiger partial charge < -0.3 is 5.32 Å². The third kappa shape index (κ3) is 4.44. The van der Waals surface area contributed by atoms with Crippen molar-refractivity contribution in [2.75, 3.05) is 13.1 Å². The third-order valence-electron chi connectivity index (χ3n) is 5.16. The Morgan fingerprint density at radius 2 is 1.80 bits per heavy atom. The van der Waals surface area contributed by atoms with E-state index >= 15 is 0 Å². The zero-order chi connectivity index (χ0) is 17.9. The lowest BCUT2D eigenvalue weighted by molar-refractivity contribution is -0.126. The molecule has 0 spiro atoms. The molecule has 5 nitrogen and oxygen atoms in total. The molecule has 1 amide bonds. The van der Waals surface area contributed by atoms with Gasteiger partial charge in [0.25, 0.3) is 0 Å². The van der Waals surface area contributed by atoms with Gasteiger partial charge in [-0.15, -0.1) is 0 Å². The molecule has 1 aliphatic heterocycles. The van der Waals surface area contributed by atoms with Gasteiger partial charge in [0.1, 0.15) is 0 Å². The number of nitrogens with one attached hydrogen (secondary N) is 1. The Morgan fingerprint density at radius 1 is 1.08 bits per heavy atom. The van der Waals surface area contributed by atoms with Crippen LogP contribution in [0.4, 0.5) is 0 Å². The van der Waals surface area contributed by atoms with Gasteiger partial charge in [0.2, 0.25) is 15.9 Å². The van der Waals surface area contributed by atoms with E-state index in [1.807, 2.05) is 0 Å². The van der Waals surface area contributed by atoms with Gasteiger partial charge in [-0.1, -0.05) is 31.4 Å². The monoisotopic (exact) mass is 428 g/mol. The molecule has 1 saturated heterocycles. The summed E-state index contributed by atoms with van der Waals surface area (Å²) in [5.74, 6) is 0.203. The Labute approximate surface area is 158 Å². The molecule has 1 aliphatic carbocycles. The van der Waals surface area contributed by atoms with Gasteiger partial charge in [0, 0.05) is 29.5 Å². The predicted octanol–water partition coefficient (Wildman–Crippen LogP) is 3.30. The molecule has 2 aliphatic rings. The number of hydrogen-bond donors (Lipinski definition) is 1. The SMILES string of the molecule is O=C(N[C@H]1CCCN(S(=O)(=O)c2ccccc2Br)C1)C1CCCCC1. The summed E-state index contributed by atoms with van der Waals surface area (Å²) in [6.45, 7) is 0.849. The van der Waals surface area contributed by atoms with Crippen molar-refractivity contribution in [1.29, 1.82) is 0 Å². The summed E-state index contributed by atoms with van der Waals surface area (Å²) < 4.78 is 27.9. The minimum absolute atomic E-state index is 0.0968. The van der Waals surface area contributed by atoms with Gasteiger partial charge in [0.05, 0.1) is 4.90 Å². The summed E-state index contributed by atoms with van der Waals surface area (Å²) in [6.07, 6.45) is 6.95. The van der Waals surface area contributed by atoms with Crippen molar-refractivity contribution < 1.29 is 13.2 Å². The van der Waals surface area contributed by atoms with Crippen molar-refractivity contribution in [3.8, 4) is 0 Å². The molecule has 1 heterocycles. The molecule has 1 aromatic carbocycles. The Balaban J connectivity index is 1.66. The summed E-state index contributed by atoms with van der Waals surface area (Å²) in [4.78, 5) is 12.7. The van der Waals surface area contributed by atoms with E-state index in [9.17, 15) is 13.2 Å². The normalized spacial score (nSPS) is 23.3. The standard InChI is InChI=1S/C18H25BrN2O3S/c19-16-10-4-5-11-17(16)25(23,24)21-12-6-9-15(13-21)20-18(22)14-7-2-1-3-8-14/h4-5,10-11,14-15H,1-3,6-9,12-13H2,(H,20,22)/t15-/m0/s1. The van der Waals surface area contributed by atoms with Crippen LogP contribution in [0.2, 0.25) is 0 Å². The third-order valence-corrected chi connectivity index (χ3v) is 8.04. The van der Waals surface area contributed by atoms with E-state index < -0.39 is 10.0 Å². The van der Waals surface area contributed by atoms with Crippen molar-refractivity contribution in [2.24, 2.45) is 5.92 Å². The second-order valence-corrected chi connectivity index (χ2v) is 9.74. The van der Waals surface area contributed by atoms with Crippen LogP contribution < -0.4 is 5.32 Å². The van der Waals surface area contributed by atoms with E-state index in [-0.39, 0.29) is 22.8 Å². The van der Waals surface area contributed by atoms with E-state index in [1.165, 1.54) is 10.7 Å². The number of piperidine rings is 1. The van der Waals surface area contributed by atoms with E-state index in [2.05, 4.69) is 21.2 Å². The summed E-state index contributed by atoms with van der Waals surface area (Å²) in [5, 5.41) is 3.10. The summed E-state index contributed by atoms with van der Waals surface area (Å²) in [7, 11) is -3.55. The van der Waals surface area contributed by atoms with E-state index in [4.69, 9.17) is 0 Å². The van der Waals surface area contributed by atoms with Crippen molar-refractivity contribution >= 4 is 31.9 Å². The molecule has 0 radical (unpaired) electrons. The highest BCUT2D eigenvalue weighted by molar-refractivity contribution is 9.10. The van der Waals surface area contributed by atoms with E-state index in [0.717, 1.165) is 38.5 Å². The molecule has 0 unspecified atom stereocenters. The van der Waals surface area contributed by atoms with E-state index in [1.54, 1.807) is 24.3 Å². The number of halogens is 1. The molecule has 138 valence electrons. The number of nitrogens with zero attached hydrogens (tertiary/aromatic N) is 1. The minimum atomic E-state index is -3.55. The lowest BCUT2D eigenvalue weighted by atomic mass is 9.88. The molecule has 7 heteroatoms. The molecule has 1 N–H and O–H groups in total. The van der Waals surface area contributed by atoms with Crippen molar-refractivity contribution in [2.45, 2.75) is 55.9 Å². The molecule has 0 bridgehead atoms. The first-order chi connectivity index (χ1) is 12.0. The number of carbonyl (C=O) groups excluding carboxylic acids is 1. The van der Waals surface area contributed by atoms with Crippen LogP contribution in [-0.4, -0.2) is 37.8 Å². The topological polar surface area (TPSA) is 66.5 Å². The number of sulfonamides is 1. The number of amides is 1. The zero-order valence-electron chi connectivity index (χ0n) is 14.3. The molecular formula is C18H25BrN2O3S. The van der Waals surface area contributed by atoms with Crippen molar-refractivity contribution in [1.82, 2.24) is 9.62 Å². The van der Waals surface area contributed by atoms with Gasteiger partial charge in [-0.25, -0.2) is 8.42 Å². The van der Waals surface area contributed by atoms with Crippen LogP contribution >= 0.6 is 15.9 Å². The minimum Gasteiger partial charge on any atom is -0.352 e. The molecule has 2 fully saturated rings. The maximum Gasteiger partial charge on any atom is 0.244 e. The molecule has 1 atom stereocenters. The molecule has 3 rings (SSSR count). The van der Waals surface area contributed by atoms with Gasteiger partial charge in [-0.3, -0.25) is 4.79 Å². The van der Waals surface area contributed by atoms with Crippen LogP contribution in [0.25, 0.3) is 0 Å². The predicted molar refractivity (Wildman–Crippen MR) is 101 cm³/mol. The fourth-order valence-electron chi connectivity index (χ4n) is 3.76. The lowest BCUT2D eigenvalue weighted by Crippen LogP contribution is -2.50. The van der Waals surface area contributed by atoms with Crippen LogP contribution in [0.1, 0.15) is 44.9 Å². The Morgan fingerprint density at radius 3 is 2.52 bits per heavy atom. The number of hydrogen-bond acceptors (Lipinski definition) is 3. The first-order valence-electron chi connectivity index (χ1n) is 9.03.